The Balaban J connectivity index is 1.57. The van der Waals surface area contributed by atoms with E-state index in [1.807, 2.05) is 25.1 Å². The summed E-state index contributed by atoms with van der Waals surface area (Å²) in [4.78, 5) is 14.9. The highest BCUT2D eigenvalue weighted by Crippen LogP contribution is 2.22. The number of anilines is 1. The quantitative estimate of drug-likeness (QED) is 0.474. The number of hydrogen-bond donors (Lipinski definition) is 1. The Bertz CT molecular complexity index is 848. The molecule has 1 aliphatic rings. The number of allylic oxidation sites excluding steroid dienone is 1. The van der Waals surface area contributed by atoms with E-state index >= 15 is 0 Å². The zero-order chi connectivity index (χ0) is 20.6. The fourth-order valence-electron chi connectivity index (χ4n) is 3.45. The number of benzene rings is 1. The SMILES string of the molecule is C=CCn1c(CCN2CCCCC2)nnc1SCC(=O)Nc1ccc(Cl)cc1C. The van der Waals surface area contributed by atoms with Gasteiger partial charge in [-0.1, -0.05) is 35.9 Å². The van der Waals surface area contributed by atoms with Crippen molar-refractivity contribution in [3.8, 4) is 0 Å². The van der Waals surface area contributed by atoms with Gasteiger partial charge in [-0.15, -0.1) is 16.8 Å². The number of piperidine rings is 1. The molecule has 2 heterocycles. The Labute approximate surface area is 181 Å². The second-order valence-corrected chi connectivity index (χ2v) is 8.63. The average molecular weight is 434 g/mol. The molecule has 2 aromatic rings. The van der Waals surface area contributed by atoms with Gasteiger partial charge in [0.1, 0.15) is 5.82 Å². The number of aromatic nitrogens is 3. The molecular weight excluding hydrogens is 406 g/mol. The summed E-state index contributed by atoms with van der Waals surface area (Å²) in [6.07, 6.45) is 6.60. The molecule has 1 fully saturated rings. The molecule has 0 aliphatic carbocycles. The molecule has 0 radical (unpaired) electrons. The van der Waals surface area contributed by atoms with Crippen LogP contribution in [0, 0.1) is 6.92 Å². The summed E-state index contributed by atoms with van der Waals surface area (Å²) in [6.45, 7) is 9.74. The molecular formula is C21H28ClN5OS. The molecule has 1 aromatic heterocycles. The summed E-state index contributed by atoms with van der Waals surface area (Å²) in [5.41, 5.74) is 1.71. The smallest absolute Gasteiger partial charge is 0.234 e. The minimum Gasteiger partial charge on any atom is -0.325 e. The van der Waals surface area contributed by atoms with Gasteiger partial charge in [-0.2, -0.15) is 0 Å². The van der Waals surface area contributed by atoms with Crippen LogP contribution in [0.3, 0.4) is 0 Å². The summed E-state index contributed by atoms with van der Waals surface area (Å²) in [5, 5.41) is 13.0. The predicted octanol–water partition coefficient (Wildman–Crippen LogP) is 4.19. The number of nitrogens with one attached hydrogen (secondary N) is 1. The monoisotopic (exact) mass is 433 g/mol. The Morgan fingerprint density at radius 1 is 1.31 bits per heavy atom. The minimum absolute atomic E-state index is 0.0801. The largest absolute Gasteiger partial charge is 0.325 e. The minimum atomic E-state index is -0.0801. The van der Waals surface area contributed by atoms with Gasteiger partial charge in [-0.25, -0.2) is 0 Å². The first-order valence-corrected chi connectivity index (χ1v) is 11.4. The van der Waals surface area contributed by atoms with E-state index in [-0.39, 0.29) is 11.7 Å². The highest BCUT2D eigenvalue weighted by Gasteiger charge is 2.16. The maximum atomic E-state index is 12.4. The Hall–Kier alpha value is -1.83. The first-order chi connectivity index (χ1) is 14.1. The molecule has 3 rings (SSSR count). The third kappa shape index (κ3) is 6.32. The second-order valence-electron chi connectivity index (χ2n) is 7.25. The maximum absolute atomic E-state index is 12.4. The lowest BCUT2D eigenvalue weighted by Gasteiger charge is -2.26. The van der Waals surface area contributed by atoms with Crippen LogP contribution in [-0.2, 0) is 17.8 Å². The molecule has 1 saturated heterocycles. The van der Waals surface area contributed by atoms with E-state index in [0.717, 1.165) is 35.2 Å². The van der Waals surface area contributed by atoms with Crippen molar-refractivity contribution in [2.75, 3.05) is 30.7 Å². The fraction of sp³-hybridized carbons (Fsp3) is 0.476. The molecule has 6 nitrogen and oxygen atoms in total. The normalized spacial score (nSPS) is 14.7. The molecule has 8 heteroatoms. The van der Waals surface area contributed by atoms with E-state index in [2.05, 4.69) is 31.6 Å². The highest BCUT2D eigenvalue weighted by molar-refractivity contribution is 7.99. The first-order valence-electron chi connectivity index (χ1n) is 10.0. The number of carbonyl (C=O) groups is 1. The van der Waals surface area contributed by atoms with Crippen LogP contribution < -0.4 is 5.32 Å². The van der Waals surface area contributed by atoms with Crippen LogP contribution in [0.5, 0.6) is 0 Å². The van der Waals surface area contributed by atoms with Crippen molar-refractivity contribution in [1.29, 1.82) is 0 Å². The van der Waals surface area contributed by atoms with Crippen LogP contribution >= 0.6 is 23.4 Å². The third-order valence-electron chi connectivity index (χ3n) is 5.00. The van der Waals surface area contributed by atoms with E-state index in [4.69, 9.17) is 11.6 Å². The number of likely N-dealkylation sites (tertiary alicyclic amines) is 1. The number of hydrogen-bond acceptors (Lipinski definition) is 5. The van der Waals surface area contributed by atoms with Gasteiger partial charge in [0.25, 0.3) is 0 Å². The summed E-state index contributed by atoms with van der Waals surface area (Å²) >= 11 is 7.37. The lowest BCUT2D eigenvalue weighted by Crippen LogP contribution is -2.32. The van der Waals surface area contributed by atoms with Crippen LogP contribution in [0.15, 0.2) is 36.0 Å². The molecule has 156 valence electrons. The van der Waals surface area contributed by atoms with Gasteiger partial charge in [0.15, 0.2) is 5.16 Å². The average Bonchev–Trinajstić information content (AvgIpc) is 3.10. The topological polar surface area (TPSA) is 63.1 Å². The molecule has 0 saturated carbocycles. The third-order valence-corrected chi connectivity index (χ3v) is 6.20. The van der Waals surface area contributed by atoms with E-state index in [1.54, 1.807) is 6.07 Å². The summed E-state index contributed by atoms with van der Waals surface area (Å²) in [5.74, 6) is 1.14. The van der Waals surface area contributed by atoms with Crippen LogP contribution in [0.4, 0.5) is 5.69 Å². The van der Waals surface area contributed by atoms with E-state index in [9.17, 15) is 4.79 Å². The Morgan fingerprint density at radius 2 is 2.10 bits per heavy atom. The molecule has 1 aromatic carbocycles. The number of aryl methyl sites for hydroxylation is 1. The maximum Gasteiger partial charge on any atom is 0.234 e. The second kappa shape index (κ2) is 10.8. The highest BCUT2D eigenvalue weighted by atomic mass is 35.5. The standard InChI is InChI=1S/C21H28ClN5OS/c1-3-10-27-19(9-13-26-11-5-4-6-12-26)24-25-21(27)29-15-20(28)23-18-8-7-17(22)14-16(18)2/h3,7-8,14H,1,4-6,9-13,15H2,2H3,(H,23,28). The Kier molecular flexibility index (Phi) is 8.15. The lowest BCUT2D eigenvalue weighted by atomic mass is 10.1. The zero-order valence-electron chi connectivity index (χ0n) is 16.9. The number of amides is 1. The van der Waals surface area contributed by atoms with Gasteiger partial charge < -0.3 is 14.8 Å². The predicted molar refractivity (Wildman–Crippen MR) is 120 cm³/mol. The van der Waals surface area contributed by atoms with E-state index in [0.29, 0.717) is 11.6 Å². The van der Waals surface area contributed by atoms with Crippen LogP contribution in [0.2, 0.25) is 5.02 Å². The number of nitrogens with zero attached hydrogens (tertiary/aromatic N) is 4. The van der Waals surface area contributed by atoms with Gasteiger partial charge in [-0.05, 0) is 56.6 Å². The summed E-state index contributed by atoms with van der Waals surface area (Å²) < 4.78 is 2.06. The van der Waals surface area contributed by atoms with E-state index in [1.165, 1.54) is 44.1 Å². The van der Waals surface area contributed by atoms with Gasteiger partial charge in [0, 0.05) is 30.2 Å². The fourth-order valence-corrected chi connectivity index (χ4v) is 4.44. The lowest BCUT2D eigenvalue weighted by molar-refractivity contribution is -0.113. The number of carbonyl (C=O) groups excluding carboxylic acids is 1. The summed E-state index contributed by atoms with van der Waals surface area (Å²) in [7, 11) is 0. The van der Waals surface area contributed by atoms with Crippen molar-refractivity contribution >= 4 is 35.0 Å². The zero-order valence-corrected chi connectivity index (χ0v) is 18.4. The molecule has 29 heavy (non-hydrogen) atoms. The van der Waals surface area contributed by atoms with Crippen molar-refractivity contribution in [3.63, 3.8) is 0 Å². The molecule has 1 N–H and O–H groups in total. The molecule has 0 atom stereocenters. The van der Waals surface area contributed by atoms with Crippen LogP contribution in [0.1, 0.15) is 30.7 Å². The molecule has 1 amide bonds. The van der Waals surface area contributed by atoms with Crippen LogP contribution in [0.25, 0.3) is 0 Å². The van der Waals surface area contributed by atoms with Gasteiger partial charge in [-0.3, -0.25) is 4.79 Å². The van der Waals surface area contributed by atoms with E-state index < -0.39 is 0 Å². The number of thioether (sulfide) groups is 1. The van der Waals surface area contributed by atoms with Crippen LogP contribution in [-0.4, -0.2) is 51.0 Å². The van der Waals surface area contributed by atoms with Crippen molar-refractivity contribution in [2.24, 2.45) is 0 Å². The van der Waals surface area contributed by atoms with Gasteiger partial charge in [0.05, 0.1) is 5.75 Å². The van der Waals surface area contributed by atoms with Crippen molar-refractivity contribution in [3.05, 3.63) is 47.3 Å². The van der Waals surface area contributed by atoms with Gasteiger partial charge >= 0.3 is 0 Å². The van der Waals surface area contributed by atoms with Gasteiger partial charge in [0.2, 0.25) is 5.91 Å². The Morgan fingerprint density at radius 3 is 2.83 bits per heavy atom. The molecule has 0 bridgehead atoms. The first kappa shape index (κ1) is 21.9. The number of rotatable bonds is 9. The number of halogens is 1. The molecule has 1 aliphatic heterocycles. The van der Waals surface area contributed by atoms with Crippen molar-refractivity contribution < 1.29 is 4.79 Å². The molecule has 0 spiro atoms. The molecule has 0 unspecified atom stereocenters. The van der Waals surface area contributed by atoms with Crippen molar-refractivity contribution in [2.45, 2.75) is 44.3 Å². The summed E-state index contributed by atoms with van der Waals surface area (Å²) in [6, 6.07) is 5.42. The van der Waals surface area contributed by atoms with Crippen molar-refractivity contribution in [1.82, 2.24) is 19.7 Å².